The summed E-state index contributed by atoms with van der Waals surface area (Å²) in [4.78, 5) is 22.5. The predicted molar refractivity (Wildman–Crippen MR) is 127 cm³/mol. The van der Waals surface area contributed by atoms with Gasteiger partial charge < -0.3 is 26.3 Å². The minimum absolute atomic E-state index is 0.0356. The molecule has 0 aliphatic heterocycles. The Kier molecular flexibility index (Phi) is 12.5. The first kappa shape index (κ1) is 28.4. The number of anilines is 1. The molecule has 1 heterocycles. The van der Waals surface area contributed by atoms with Crippen molar-refractivity contribution in [2.24, 2.45) is 17.1 Å². The monoisotopic (exact) mass is 502 g/mol. The molecule has 1 amide bonds. The van der Waals surface area contributed by atoms with Gasteiger partial charge in [-0.1, -0.05) is 30.1 Å². The quantitative estimate of drug-likeness (QED) is 0.372. The van der Waals surface area contributed by atoms with Gasteiger partial charge in [-0.25, -0.2) is 9.37 Å². The number of benzene rings is 1. The molecule has 1 aromatic carbocycles. The van der Waals surface area contributed by atoms with Crippen molar-refractivity contribution in [1.29, 1.82) is 0 Å². The van der Waals surface area contributed by atoms with E-state index in [2.05, 4.69) is 23.0 Å². The summed E-state index contributed by atoms with van der Waals surface area (Å²) in [5.41, 5.74) is 10.2. The van der Waals surface area contributed by atoms with Gasteiger partial charge in [0.25, 0.3) is 0 Å². The highest BCUT2D eigenvalue weighted by atomic mass is 35.5. The Labute approximate surface area is 202 Å². The zero-order chi connectivity index (χ0) is 24.9. The maximum atomic E-state index is 12.7. The summed E-state index contributed by atoms with van der Waals surface area (Å²) in [5, 5.41) is 3.67. The lowest BCUT2D eigenvalue weighted by Gasteiger charge is -2.46. The first-order valence-electron chi connectivity index (χ1n) is 10.1. The van der Waals surface area contributed by atoms with E-state index in [9.17, 15) is 9.18 Å². The number of hydrogen-bond donors (Lipinski definition) is 3. The lowest BCUT2D eigenvalue weighted by molar-refractivity contribution is -0.109. The van der Waals surface area contributed by atoms with Crippen LogP contribution in [0.3, 0.4) is 0 Å². The fourth-order valence-electron chi connectivity index (χ4n) is 3.59. The van der Waals surface area contributed by atoms with Crippen LogP contribution in [0, 0.1) is 17.2 Å². The maximum absolute atomic E-state index is 12.7. The molecule has 3 rings (SSSR count). The van der Waals surface area contributed by atoms with Crippen molar-refractivity contribution >= 4 is 41.7 Å². The van der Waals surface area contributed by atoms with Crippen LogP contribution in [0.2, 0.25) is 10.2 Å². The summed E-state index contributed by atoms with van der Waals surface area (Å²) in [6.45, 7) is 3.83. The van der Waals surface area contributed by atoms with Gasteiger partial charge in [0.15, 0.2) is 17.9 Å². The van der Waals surface area contributed by atoms with Gasteiger partial charge in [0.05, 0.1) is 11.6 Å². The average Bonchev–Trinajstić information content (AvgIpc) is 2.74. The zero-order valence-corrected chi connectivity index (χ0v) is 20.0. The summed E-state index contributed by atoms with van der Waals surface area (Å²) in [6, 6.07) is 7.47. The second kappa shape index (κ2) is 14.5. The third-order valence-electron chi connectivity index (χ3n) is 4.71. The fourth-order valence-corrected chi connectivity index (χ4v) is 3.87. The number of primary amides is 1. The van der Waals surface area contributed by atoms with E-state index in [1.807, 2.05) is 7.05 Å². The Morgan fingerprint density at radius 1 is 1.24 bits per heavy atom. The first-order chi connectivity index (χ1) is 15.7. The molecule has 1 aromatic heterocycles. The molecule has 5 N–H and O–H groups in total. The van der Waals surface area contributed by atoms with Crippen LogP contribution in [0.1, 0.15) is 19.8 Å². The van der Waals surface area contributed by atoms with Crippen LogP contribution in [0.4, 0.5) is 10.2 Å². The molecule has 0 radical (unpaired) electrons. The third-order valence-corrected chi connectivity index (χ3v) is 5.23. The Hall–Kier alpha value is -2.62. The van der Waals surface area contributed by atoms with Crippen LogP contribution in [0.25, 0.3) is 0 Å². The molecule has 8 nitrogen and oxygen atoms in total. The van der Waals surface area contributed by atoms with E-state index in [4.69, 9.17) is 43.2 Å². The summed E-state index contributed by atoms with van der Waals surface area (Å²) in [6.07, 6.45) is 3.22. The third kappa shape index (κ3) is 9.81. The molecule has 0 spiro atoms. The molecule has 33 heavy (non-hydrogen) atoms. The molecule has 0 saturated heterocycles. The van der Waals surface area contributed by atoms with Gasteiger partial charge in [0, 0.05) is 18.0 Å². The number of halogens is 3. The minimum Gasteiger partial charge on any atom is -0.489 e. The number of nitrogens with two attached hydrogens (primary N) is 2. The van der Waals surface area contributed by atoms with Gasteiger partial charge in [-0.15, -0.1) is 0 Å². The number of aromatic nitrogens is 1. The van der Waals surface area contributed by atoms with Crippen molar-refractivity contribution in [3.05, 3.63) is 46.3 Å². The SMILES string of the molecule is CNCC1(COc2ccc(Cl)nc2N)CC(C)C1.NC=O.O=CCOc1ccc(Cl)c(F)c1. The predicted octanol–water partition coefficient (Wildman–Crippen LogP) is 3.49. The highest BCUT2D eigenvalue weighted by Gasteiger charge is 2.42. The van der Waals surface area contributed by atoms with Crippen molar-refractivity contribution in [2.45, 2.75) is 19.8 Å². The molecule has 1 aliphatic carbocycles. The number of ether oxygens (including phenoxy) is 2. The topological polar surface area (TPSA) is 130 Å². The molecule has 1 saturated carbocycles. The minimum atomic E-state index is -0.555. The van der Waals surface area contributed by atoms with E-state index in [0.29, 0.717) is 35.4 Å². The van der Waals surface area contributed by atoms with Crippen molar-refractivity contribution in [3.8, 4) is 11.5 Å². The van der Waals surface area contributed by atoms with Crippen molar-refractivity contribution in [2.75, 3.05) is 32.5 Å². The van der Waals surface area contributed by atoms with E-state index in [0.717, 1.165) is 18.5 Å². The number of nitrogen functional groups attached to an aromatic ring is 1. The van der Waals surface area contributed by atoms with Gasteiger partial charge in [-0.2, -0.15) is 0 Å². The van der Waals surface area contributed by atoms with Crippen molar-refractivity contribution < 1.29 is 23.5 Å². The molecule has 11 heteroatoms. The smallest absolute Gasteiger partial charge is 0.204 e. The van der Waals surface area contributed by atoms with E-state index < -0.39 is 5.82 Å². The van der Waals surface area contributed by atoms with Gasteiger partial charge >= 0.3 is 0 Å². The molecular weight excluding hydrogens is 474 g/mol. The van der Waals surface area contributed by atoms with Gasteiger partial charge in [0.2, 0.25) is 6.41 Å². The number of amides is 1. The number of nitrogens with zero attached hydrogens (tertiary/aromatic N) is 1. The molecule has 182 valence electrons. The highest BCUT2D eigenvalue weighted by Crippen LogP contribution is 2.45. The second-order valence-corrected chi connectivity index (χ2v) is 8.33. The van der Waals surface area contributed by atoms with Crippen LogP contribution in [0.15, 0.2) is 30.3 Å². The van der Waals surface area contributed by atoms with Gasteiger partial charge in [-0.05, 0) is 50.1 Å². The van der Waals surface area contributed by atoms with E-state index in [-0.39, 0.29) is 23.5 Å². The normalized spacial score (nSPS) is 18.4. The van der Waals surface area contributed by atoms with Crippen LogP contribution in [-0.2, 0) is 9.59 Å². The Morgan fingerprint density at radius 2 is 1.91 bits per heavy atom. The molecule has 0 atom stereocenters. The fraction of sp³-hybridized carbons (Fsp3) is 0.409. The number of pyridine rings is 1. The summed E-state index contributed by atoms with van der Waals surface area (Å²) < 4.78 is 23.3. The van der Waals surface area contributed by atoms with E-state index >= 15 is 0 Å². The number of rotatable bonds is 8. The lowest BCUT2D eigenvalue weighted by Crippen LogP contribution is -2.47. The Morgan fingerprint density at radius 3 is 2.42 bits per heavy atom. The first-order valence-corrected chi connectivity index (χ1v) is 10.8. The molecule has 2 aromatic rings. The molecule has 1 aliphatic rings. The summed E-state index contributed by atoms with van der Waals surface area (Å²) in [5.74, 6) is 1.50. The maximum Gasteiger partial charge on any atom is 0.204 e. The number of carbonyl (C=O) groups is 2. The Balaban J connectivity index is 0.000000314. The number of aldehydes is 1. The van der Waals surface area contributed by atoms with Crippen molar-refractivity contribution in [1.82, 2.24) is 10.3 Å². The molecule has 0 bridgehead atoms. The van der Waals surface area contributed by atoms with Crippen LogP contribution in [0.5, 0.6) is 11.5 Å². The van der Waals surface area contributed by atoms with E-state index in [1.165, 1.54) is 25.0 Å². The van der Waals surface area contributed by atoms with Gasteiger partial charge in [-0.3, -0.25) is 9.59 Å². The lowest BCUT2D eigenvalue weighted by atomic mass is 9.63. The standard InChI is InChI=1S/C13H20ClN3O.C8H6ClFO2.CH3NO/c1-9-5-13(6-9,7-16-2)8-18-10-3-4-11(14)17-12(10)15;9-7-2-1-6(5-8(7)10)12-4-3-11;2-1-3/h3-4,9,16H,5-8H2,1-2H3,(H2,15,17);1-3,5H,4H2;1H,(H2,2,3). The van der Waals surface area contributed by atoms with E-state index in [1.54, 1.807) is 12.1 Å². The van der Waals surface area contributed by atoms with Gasteiger partial charge in [0.1, 0.15) is 23.3 Å². The van der Waals surface area contributed by atoms with Crippen molar-refractivity contribution in [3.63, 3.8) is 0 Å². The van der Waals surface area contributed by atoms with Crippen LogP contribution >= 0.6 is 23.2 Å². The number of hydrogen-bond acceptors (Lipinski definition) is 7. The Bertz CT molecular complexity index is 893. The summed E-state index contributed by atoms with van der Waals surface area (Å²) >= 11 is 11.2. The van der Waals surface area contributed by atoms with Crippen LogP contribution < -0.4 is 26.3 Å². The summed E-state index contributed by atoms with van der Waals surface area (Å²) in [7, 11) is 1.98. The zero-order valence-electron chi connectivity index (χ0n) is 18.5. The number of nitrogens with one attached hydrogen (secondary N) is 1. The molecular formula is C22H29Cl2FN4O4. The second-order valence-electron chi connectivity index (χ2n) is 7.54. The molecule has 1 fully saturated rings. The number of carbonyl (C=O) groups excluding carboxylic acids is 2. The van der Waals surface area contributed by atoms with Crippen LogP contribution in [-0.4, -0.2) is 44.5 Å². The average molecular weight is 503 g/mol. The highest BCUT2D eigenvalue weighted by molar-refractivity contribution is 6.30. The largest absolute Gasteiger partial charge is 0.489 e. The molecule has 0 unspecified atom stereocenters.